The van der Waals surface area contributed by atoms with Gasteiger partial charge in [-0.1, -0.05) is 30.3 Å². The van der Waals surface area contributed by atoms with Crippen molar-refractivity contribution in [3.05, 3.63) is 35.9 Å². The van der Waals surface area contributed by atoms with E-state index in [0.29, 0.717) is 18.8 Å². The highest BCUT2D eigenvalue weighted by atomic mass is 32.2. The normalized spacial score (nSPS) is 11.2. The highest BCUT2D eigenvalue weighted by molar-refractivity contribution is 7.99. The molecule has 0 spiro atoms. The van der Waals surface area contributed by atoms with E-state index in [1.807, 2.05) is 42.5 Å². The second kappa shape index (κ2) is 10.7. The van der Waals surface area contributed by atoms with Crippen LogP contribution in [0, 0.1) is 22.7 Å². The van der Waals surface area contributed by atoms with Gasteiger partial charge in [0, 0.05) is 18.8 Å². The van der Waals surface area contributed by atoms with E-state index in [4.69, 9.17) is 10.5 Å². The van der Waals surface area contributed by atoms with Crippen LogP contribution in [0.1, 0.15) is 24.5 Å². The Balaban J connectivity index is 2.39. The smallest absolute Gasteiger partial charge is 0.232 e. The van der Waals surface area contributed by atoms with Gasteiger partial charge in [-0.25, -0.2) is 0 Å². The van der Waals surface area contributed by atoms with Crippen molar-refractivity contribution in [3.8, 4) is 12.1 Å². The number of carbonyl (C=O) groups excluding carboxylic acids is 1. The number of amides is 1. The molecule has 0 saturated carbocycles. The van der Waals surface area contributed by atoms with E-state index in [1.165, 1.54) is 16.7 Å². The van der Waals surface area contributed by atoms with Crippen LogP contribution in [0.5, 0.6) is 0 Å². The van der Waals surface area contributed by atoms with Gasteiger partial charge in [-0.3, -0.25) is 4.79 Å². The molecule has 1 rings (SSSR count). The number of carbonyl (C=O) groups is 1. The minimum atomic E-state index is -0.606. The molecule has 0 fully saturated rings. The van der Waals surface area contributed by atoms with Gasteiger partial charge in [0.25, 0.3) is 0 Å². The third kappa shape index (κ3) is 6.62. The lowest BCUT2D eigenvalue weighted by atomic mass is 10.1. The Kier molecular flexibility index (Phi) is 8.74. The standard InChI is InChI=1S/C16H19N3O2S/c17-8-4-10-19(11-5-9-18)16(21)13-22-12-15(20)14-6-2-1-3-7-14/h1-3,6-7,15,20H,4-5,10-13H2/t15-/m0/s1. The van der Waals surface area contributed by atoms with E-state index < -0.39 is 6.10 Å². The van der Waals surface area contributed by atoms with E-state index in [9.17, 15) is 9.90 Å². The van der Waals surface area contributed by atoms with Crippen molar-refractivity contribution in [1.82, 2.24) is 4.90 Å². The summed E-state index contributed by atoms with van der Waals surface area (Å²) >= 11 is 1.35. The molecule has 1 aromatic carbocycles. The molecule has 6 heteroatoms. The van der Waals surface area contributed by atoms with E-state index >= 15 is 0 Å². The molecule has 0 bridgehead atoms. The first-order valence-electron chi connectivity index (χ1n) is 7.01. The van der Waals surface area contributed by atoms with Gasteiger partial charge in [-0.15, -0.1) is 11.8 Å². The minimum Gasteiger partial charge on any atom is -0.388 e. The van der Waals surface area contributed by atoms with Gasteiger partial charge >= 0.3 is 0 Å². The summed E-state index contributed by atoms with van der Waals surface area (Å²) in [4.78, 5) is 13.6. The summed E-state index contributed by atoms with van der Waals surface area (Å²) < 4.78 is 0. The molecule has 116 valence electrons. The van der Waals surface area contributed by atoms with Gasteiger partial charge in [-0.2, -0.15) is 10.5 Å². The maximum atomic E-state index is 12.1. The number of nitriles is 2. The van der Waals surface area contributed by atoms with Gasteiger partial charge in [0.05, 0.1) is 36.8 Å². The molecular weight excluding hydrogens is 298 g/mol. The van der Waals surface area contributed by atoms with Crippen molar-refractivity contribution in [2.75, 3.05) is 24.6 Å². The summed E-state index contributed by atoms with van der Waals surface area (Å²) in [6.07, 6.45) is -0.0890. The third-order valence-electron chi connectivity index (χ3n) is 3.03. The molecule has 0 aromatic heterocycles. The molecule has 0 saturated heterocycles. The maximum absolute atomic E-state index is 12.1. The summed E-state index contributed by atoms with van der Waals surface area (Å²) in [6.45, 7) is 0.692. The Labute approximate surface area is 135 Å². The van der Waals surface area contributed by atoms with Crippen LogP contribution in [0.4, 0.5) is 0 Å². The van der Waals surface area contributed by atoms with Gasteiger partial charge in [0.15, 0.2) is 0 Å². The lowest BCUT2D eigenvalue weighted by Crippen LogP contribution is -2.34. The number of rotatable bonds is 9. The SMILES string of the molecule is N#CCCN(CCC#N)C(=O)CSC[C@H](O)c1ccccc1. The van der Waals surface area contributed by atoms with Crippen molar-refractivity contribution >= 4 is 17.7 Å². The molecular formula is C16H19N3O2S. The summed E-state index contributed by atoms with van der Waals surface area (Å²) in [7, 11) is 0. The van der Waals surface area contributed by atoms with E-state index in [0.717, 1.165) is 5.56 Å². The molecule has 1 atom stereocenters. The van der Waals surface area contributed by atoms with E-state index in [-0.39, 0.29) is 24.5 Å². The van der Waals surface area contributed by atoms with Crippen LogP contribution in [0.25, 0.3) is 0 Å². The second-order valence-electron chi connectivity index (χ2n) is 4.64. The second-order valence-corrected chi connectivity index (χ2v) is 5.67. The van der Waals surface area contributed by atoms with Crippen LogP contribution in [0.3, 0.4) is 0 Å². The van der Waals surface area contributed by atoms with Crippen molar-refractivity contribution in [1.29, 1.82) is 10.5 Å². The predicted molar refractivity (Wildman–Crippen MR) is 85.8 cm³/mol. The van der Waals surface area contributed by atoms with Crippen molar-refractivity contribution < 1.29 is 9.90 Å². The lowest BCUT2D eigenvalue weighted by Gasteiger charge is -2.20. The average molecular weight is 317 g/mol. The molecule has 0 unspecified atom stereocenters. The molecule has 5 nitrogen and oxygen atoms in total. The summed E-state index contributed by atoms with van der Waals surface area (Å²) in [5, 5.41) is 27.2. The van der Waals surface area contributed by atoms with Crippen molar-refractivity contribution in [3.63, 3.8) is 0 Å². The van der Waals surface area contributed by atoms with Gasteiger partial charge in [-0.05, 0) is 5.56 Å². The Morgan fingerprint density at radius 3 is 2.32 bits per heavy atom. The predicted octanol–water partition coefficient (Wildman–Crippen LogP) is 2.11. The zero-order valence-electron chi connectivity index (χ0n) is 12.3. The van der Waals surface area contributed by atoms with Crippen LogP contribution < -0.4 is 0 Å². The molecule has 1 amide bonds. The van der Waals surface area contributed by atoms with Crippen molar-refractivity contribution in [2.24, 2.45) is 0 Å². The monoisotopic (exact) mass is 317 g/mol. The Bertz CT molecular complexity index is 519. The molecule has 22 heavy (non-hydrogen) atoms. The minimum absolute atomic E-state index is 0.101. The zero-order chi connectivity index (χ0) is 16.2. The van der Waals surface area contributed by atoms with Crippen LogP contribution in [-0.2, 0) is 4.79 Å². The average Bonchev–Trinajstić information content (AvgIpc) is 2.55. The molecule has 0 aliphatic rings. The molecule has 0 aliphatic carbocycles. The highest BCUT2D eigenvalue weighted by Crippen LogP contribution is 2.18. The number of thioether (sulfide) groups is 1. The van der Waals surface area contributed by atoms with Crippen LogP contribution >= 0.6 is 11.8 Å². The fourth-order valence-electron chi connectivity index (χ4n) is 1.85. The zero-order valence-corrected chi connectivity index (χ0v) is 13.1. The molecule has 1 N–H and O–H groups in total. The maximum Gasteiger partial charge on any atom is 0.232 e. The first-order chi connectivity index (χ1) is 10.7. The molecule has 0 radical (unpaired) electrons. The third-order valence-corrected chi connectivity index (χ3v) is 4.03. The van der Waals surface area contributed by atoms with E-state index in [2.05, 4.69) is 0 Å². The van der Waals surface area contributed by atoms with Crippen LogP contribution in [0.15, 0.2) is 30.3 Å². The summed E-state index contributed by atoms with van der Waals surface area (Å²) in [5.41, 5.74) is 0.827. The highest BCUT2D eigenvalue weighted by Gasteiger charge is 2.14. The van der Waals surface area contributed by atoms with E-state index in [1.54, 1.807) is 0 Å². The topological polar surface area (TPSA) is 88.1 Å². The lowest BCUT2D eigenvalue weighted by molar-refractivity contribution is -0.128. The Morgan fingerprint density at radius 1 is 1.18 bits per heavy atom. The molecule has 1 aromatic rings. The number of nitrogens with zero attached hydrogens (tertiary/aromatic N) is 3. The van der Waals surface area contributed by atoms with Crippen LogP contribution in [-0.4, -0.2) is 40.5 Å². The first kappa shape index (κ1) is 18.0. The fourth-order valence-corrected chi connectivity index (χ4v) is 2.74. The molecule has 0 aliphatic heterocycles. The summed E-state index contributed by atoms with van der Waals surface area (Å²) in [6, 6.07) is 13.3. The fraction of sp³-hybridized carbons (Fsp3) is 0.438. The Hall–Kier alpha value is -2.02. The quantitative estimate of drug-likeness (QED) is 0.753. The number of aliphatic hydroxyl groups excluding tert-OH is 1. The number of aliphatic hydroxyl groups is 1. The number of benzene rings is 1. The first-order valence-corrected chi connectivity index (χ1v) is 8.17. The van der Waals surface area contributed by atoms with Crippen LogP contribution in [0.2, 0.25) is 0 Å². The summed E-state index contributed by atoms with van der Waals surface area (Å²) in [5.74, 6) is 0.566. The molecule has 0 heterocycles. The number of hydrogen-bond acceptors (Lipinski definition) is 5. The van der Waals surface area contributed by atoms with Gasteiger partial charge in [0.2, 0.25) is 5.91 Å². The largest absolute Gasteiger partial charge is 0.388 e. The number of hydrogen-bond donors (Lipinski definition) is 1. The van der Waals surface area contributed by atoms with Crippen molar-refractivity contribution in [2.45, 2.75) is 18.9 Å². The Morgan fingerprint density at radius 2 is 1.77 bits per heavy atom. The van der Waals surface area contributed by atoms with Gasteiger partial charge in [0.1, 0.15) is 0 Å². The van der Waals surface area contributed by atoms with Gasteiger partial charge < -0.3 is 10.0 Å².